The van der Waals surface area contributed by atoms with E-state index in [1.165, 1.54) is 17.8 Å². The molecule has 0 atom stereocenters. The minimum absolute atomic E-state index is 0.0673. The summed E-state index contributed by atoms with van der Waals surface area (Å²) in [7, 11) is 0. The highest BCUT2D eigenvalue weighted by atomic mass is 32.2. The molecule has 0 saturated heterocycles. The number of aliphatic imine (C=N–C) groups is 1. The number of halogens is 3. The summed E-state index contributed by atoms with van der Waals surface area (Å²) in [6.07, 6.45) is -4.57. The molecule has 3 heterocycles. The topological polar surface area (TPSA) is 55.4 Å². The van der Waals surface area contributed by atoms with E-state index in [0.717, 1.165) is 16.7 Å². The second-order valence-corrected chi connectivity index (χ2v) is 5.91. The van der Waals surface area contributed by atoms with Gasteiger partial charge in [0.15, 0.2) is 5.65 Å². The van der Waals surface area contributed by atoms with Gasteiger partial charge in [0.1, 0.15) is 9.40 Å². The number of hydrogen-bond acceptors (Lipinski definition) is 6. The van der Waals surface area contributed by atoms with Gasteiger partial charge in [0.05, 0.1) is 6.54 Å². The maximum Gasteiger partial charge on any atom is 0.453 e. The van der Waals surface area contributed by atoms with Crippen LogP contribution in [0.4, 0.5) is 13.2 Å². The normalized spacial score (nSPS) is 16.1. The van der Waals surface area contributed by atoms with E-state index < -0.39 is 12.0 Å². The third-order valence-corrected chi connectivity index (χ3v) is 4.34. The molecule has 10 heteroatoms. The van der Waals surface area contributed by atoms with Crippen molar-refractivity contribution in [1.82, 2.24) is 19.8 Å². The van der Waals surface area contributed by atoms with Gasteiger partial charge in [-0.05, 0) is 23.9 Å². The maximum absolute atomic E-state index is 12.7. The maximum atomic E-state index is 12.7. The summed E-state index contributed by atoms with van der Waals surface area (Å²) < 4.78 is 39.6. The molecular weight excluding hydrogens is 299 g/mol. The molecule has 19 heavy (non-hydrogen) atoms. The Morgan fingerprint density at radius 3 is 2.79 bits per heavy atom. The second kappa shape index (κ2) is 4.67. The standard InChI is InChI=1S/C9H6F3N5S2/c10-9(11,12)7-15-14-5-1-2-6(16-17(5)7)19-8-13-3-4-18-8/h1-2H,3-4H2. The van der Waals surface area contributed by atoms with Crippen molar-refractivity contribution in [2.24, 2.45) is 4.99 Å². The number of hydrogen-bond donors (Lipinski definition) is 0. The largest absolute Gasteiger partial charge is 0.453 e. The van der Waals surface area contributed by atoms with E-state index in [1.54, 1.807) is 17.8 Å². The Kier molecular flexibility index (Phi) is 3.13. The molecule has 1 aliphatic heterocycles. The molecule has 0 saturated carbocycles. The molecule has 100 valence electrons. The van der Waals surface area contributed by atoms with Gasteiger partial charge in [-0.1, -0.05) is 11.8 Å². The predicted molar refractivity (Wildman–Crippen MR) is 66.4 cm³/mol. The van der Waals surface area contributed by atoms with Crippen molar-refractivity contribution in [3.8, 4) is 0 Å². The van der Waals surface area contributed by atoms with Crippen molar-refractivity contribution in [2.45, 2.75) is 11.2 Å². The van der Waals surface area contributed by atoms with Gasteiger partial charge in [0.2, 0.25) is 0 Å². The molecule has 0 aliphatic carbocycles. The third kappa shape index (κ3) is 2.54. The van der Waals surface area contributed by atoms with Crippen molar-refractivity contribution in [3.05, 3.63) is 18.0 Å². The van der Waals surface area contributed by atoms with Gasteiger partial charge in [-0.15, -0.1) is 10.2 Å². The van der Waals surface area contributed by atoms with Crippen LogP contribution in [0.1, 0.15) is 5.82 Å². The molecule has 2 aromatic heterocycles. The summed E-state index contributed by atoms with van der Waals surface area (Å²) in [6, 6.07) is 3.06. The van der Waals surface area contributed by atoms with Crippen molar-refractivity contribution >= 4 is 33.5 Å². The summed E-state index contributed by atoms with van der Waals surface area (Å²) in [5, 5.41) is 10.9. The molecule has 0 bridgehead atoms. The number of thioether (sulfide) groups is 2. The molecule has 0 unspecified atom stereocenters. The van der Waals surface area contributed by atoms with Crippen LogP contribution < -0.4 is 0 Å². The number of nitrogens with zero attached hydrogens (tertiary/aromatic N) is 5. The van der Waals surface area contributed by atoms with E-state index in [9.17, 15) is 13.2 Å². The quantitative estimate of drug-likeness (QED) is 0.809. The number of rotatable bonds is 1. The SMILES string of the molecule is FC(F)(F)c1nnc2ccc(SC3=NCCS3)nn12. The smallest absolute Gasteiger partial charge is 0.271 e. The van der Waals surface area contributed by atoms with Crippen molar-refractivity contribution in [2.75, 3.05) is 12.3 Å². The lowest BCUT2D eigenvalue weighted by Crippen LogP contribution is -2.12. The Morgan fingerprint density at radius 2 is 2.11 bits per heavy atom. The zero-order chi connectivity index (χ0) is 13.5. The molecule has 0 amide bonds. The zero-order valence-corrected chi connectivity index (χ0v) is 10.9. The minimum atomic E-state index is -4.57. The summed E-state index contributed by atoms with van der Waals surface area (Å²) in [4.78, 5) is 4.21. The van der Waals surface area contributed by atoms with Crippen LogP contribution in [-0.4, -0.2) is 36.5 Å². The van der Waals surface area contributed by atoms with Crippen molar-refractivity contribution < 1.29 is 13.2 Å². The van der Waals surface area contributed by atoms with E-state index in [0.29, 0.717) is 9.54 Å². The van der Waals surface area contributed by atoms with Gasteiger partial charge in [-0.2, -0.15) is 22.8 Å². The number of alkyl halides is 3. The fourth-order valence-electron chi connectivity index (χ4n) is 1.47. The Balaban J connectivity index is 1.99. The summed E-state index contributed by atoms with van der Waals surface area (Å²) in [5.74, 6) is -0.226. The first-order valence-electron chi connectivity index (χ1n) is 5.19. The van der Waals surface area contributed by atoms with Crippen LogP contribution in [0.3, 0.4) is 0 Å². The van der Waals surface area contributed by atoms with Crippen molar-refractivity contribution in [3.63, 3.8) is 0 Å². The fourth-order valence-corrected chi connectivity index (χ4v) is 3.34. The predicted octanol–water partition coefficient (Wildman–Crippen LogP) is 2.34. The first kappa shape index (κ1) is 12.7. The Morgan fingerprint density at radius 1 is 1.26 bits per heavy atom. The van der Waals surface area contributed by atoms with Crippen LogP contribution in [0, 0.1) is 0 Å². The summed E-state index contributed by atoms with van der Waals surface area (Å²) in [5.41, 5.74) is 0.0673. The number of fused-ring (bicyclic) bond motifs is 1. The molecule has 1 aliphatic rings. The van der Waals surface area contributed by atoms with E-state index in [-0.39, 0.29) is 5.65 Å². The average Bonchev–Trinajstić information content (AvgIpc) is 2.95. The first-order valence-corrected chi connectivity index (χ1v) is 6.99. The Labute approximate surface area is 113 Å². The third-order valence-electron chi connectivity index (χ3n) is 2.24. The number of aromatic nitrogens is 4. The Bertz CT molecular complexity index is 651. The lowest BCUT2D eigenvalue weighted by Gasteiger charge is -2.04. The van der Waals surface area contributed by atoms with Gasteiger partial charge < -0.3 is 0 Å². The van der Waals surface area contributed by atoms with Gasteiger partial charge in [-0.25, -0.2) is 0 Å². The molecule has 0 N–H and O–H groups in total. The molecule has 3 rings (SSSR count). The molecule has 0 aromatic carbocycles. The van der Waals surface area contributed by atoms with Crippen LogP contribution in [0.25, 0.3) is 5.65 Å². The van der Waals surface area contributed by atoms with Crippen LogP contribution in [0.15, 0.2) is 22.2 Å². The van der Waals surface area contributed by atoms with Crippen LogP contribution >= 0.6 is 23.5 Å². The second-order valence-electron chi connectivity index (χ2n) is 3.56. The highest BCUT2D eigenvalue weighted by Crippen LogP contribution is 2.30. The molecule has 0 fully saturated rings. The summed E-state index contributed by atoms with van der Waals surface area (Å²) in [6.45, 7) is 0.732. The molecule has 0 spiro atoms. The van der Waals surface area contributed by atoms with Crippen LogP contribution in [-0.2, 0) is 6.18 Å². The van der Waals surface area contributed by atoms with E-state index >= 15 is 0 Å². The van der Waals surface area contributed by atoms with Gasteiger partial charge >= 0.3 is 6.18 Å². The minimum Gasteiger partial charge on any atom is -0.271 e. The molecule has 0 radical (unpaired) electrons. The monoisotopic (exact) mass is 305 g/mol. The highest BCUT2D eigenvalue weighted by molar-refractivity contribution is 8.39. The Hall–Kier alpha value is -1.29. The van der Waals surface area contributed by atoms with Crippen LogP contribution in [0.2, 0.25) is 0 Å². The fraction of sp³-hybridized carbons (Fsp3) is 0.333. The van der Waals surface area contributed by atoms with E-state index in [2.05, 4.69) is 20.3 Å². The van der Waals surface area contributed by atoms with E-state index in [4.69, 9.17) is 0 Å². The zero-order valence-electron chi connectivity index (χ0n) is 9.26. The first-order chi connectivity index (χ1) is 9.04. The summed E-state index contributed by atoms with van der Waals surface area (Å²) >= 11 is 2.81. The van der Waals surface area contributed by atoms with Crippen molar-refractivity contribution in [1.29, 1.82) is 0 Å². The average molecular weight is 305 g/mol. The van der Waals surface area contributed by atoms with E-state index in [1.807, 2.05) is 0 Å². The molecular formula is C9H6F3N5S2. The van der Waals surface area contributed by atoms with Gasteiger partial charge in [-0.3, -0.25) is 4.99 Å². The lowest BCUT2D eigenvalue weighted by atomic mass is 10.5. The van der Waals surface area contributed by atoms with Gasteiger partial charge in [0, 0.05) is 5.75 Å². The highest BCUT2D eigenvalue weighted by Gasteiger charge is 2.37. The molecule has 5 nitrogen and oxygen atoms in total. The lowest BCUT2D eigenvalue weighted by molar-refractivity contribution is -0.146. The molecule has 2 aromatic rings. The van der Waals surface area contributed by atoms with Gasteiger partial charge in [0.25, 0.3) is 5.82 Å². The van der Waals surface area contributed by atoms with Crippen LogP contribution in [0.5, 0.6) is 0 Å².